The van der Waals surface area contributed by atoms with E-state index in [0.717, 1.165) is 17.7 Å². The molecule has 0 aliphatic heterocycles. The number of nitrogens with zero attached hydrogens (tertiary/aromatic N) is 2. The Labute approximate surface area is 249 Å². The lowest BCUT2D eigenvalue weighted by molar-refractivity contribution is -0.140. The summed E-state index contributed by atoms with van der Waals surface area (Å²) in [6.45, 7) is 7.57. The number of sulfonamides is 1. The Morgan fingerprint density at radius 3 is 2.14 bits per heavy atom. The Kier molecular flexibility index (Phi) is 10.00. The molecular formula is C30H33ClF3N3O4S. The fraction of sp³-hybridized carbons (Fsp3) is 0.333. The Morgan fingerprint density at radius 1 is 0.952 bits per heavy atom. The molecule has 0 heterocycles. The highest BCUT2D eigenvalue weighted by atomic mass is 35.5. The minimum Gasteiger partial charge on any atom is -0.350 e. The Balaban J connectivity index is 2.10. The highest BCUT2D eigenvalue weighted by molar-refractivity contribution is 7.92. The van der Waals surface area contributed by atoms with Gasteiger partial charge in [0.05, 0.1) is 16.1 Å². The molecule has 0 fully saturated rings. The van der Waals surface area contributed by atoms with E-state index in [0.29, 0.717) is 21.0 Å². The zero-order valence-corrected chi connectivity index (χ0v) is 25.4. The smallest absolute Gasteiger partial charge is 0.350 e. The summed E-state index contributed by atoms with van der Waals surface area (Å²) < 4.78 is 69.1. The van der Waals surface area contributed by atoms with Crippen LogP contribution in [-0.2, 0) is 32.3 Å². The van der Waals surface area contributed by atoms with Crippen LogP contribution in [0.5, 0.6) is 0 Å². The number of hydrogen-bond acceptors (Lipinski definition) is 4. The molecule has 0 aliphatic carbocycles. The van der Waals surface area contributed by atoms with Gasteiger partial charge in [-0.25, -0.2) is 8.42 Å². The monoisotopic (exact) mass is 623 g/mol. The van der Waals surface area contributed by atoms with Crippen molar-refractivity contribution in [3.05, 3.63) is 94.5 Å². The minimum atomic E-state index is -4.75. The van der Waals surface area contributed by atoms with Gasteiger partial charge in [0.2, 0.25) is 11.8 Å². The maximum atomic E-state index is 13.9. The van der Waals surface area contributed by atoms with Crippen molar-refractivity contribution in [2.24, 2.45) is 0 Å². The predicted octanol–water partition coefficient (Wildman–Crippen LogP) is 6.19. The standard InChI is InChI=1S/C30H33ClF3N3O4S/c1-20-12-14-26(15-13-20)42(40,41)37(25-11-7-9-23(17-25)30(32,33)34)19-27(38)36(18-22-8-6-10-24(31)16-22)21(2)28(39)35-29(3,4)5/h6-17,21H,18-19H2,1-5H3,(H,35,39)/t21-/m0/s1. The molecule has 0 saturated carbocycles. The number of aryl methyl sites for hydroxylation is 1. The van der Waals surface area contributed by atoms with Gasteiger partial charge < -0.3 is 10.2 Å². The number of nitrogens with one attached hydrogen (secondary N) is 1. The molecule has 42 heavy (non-hydrogen) atoms. The minimum absolute atomic E-state index is 0.112. The quantitative estimate of drug-likeness (QED) is 0.308. The Bertz CT molecular complexity index is 1540. The summed E-state index contributed by atoms with van der Waals surface area (Å²) >= 11 is 6.13. The average molecular weight is 624 g/mol. The van der Waals surface area contributed by atoms with Crippen LogP contribution in [0.3, 0.4) is 0 Å². The van der Waals surface area contributed by atoms with Gasteiger partial charge in [-0.05, 0) is 82.6 Å². The molecule has 3 aromatic carbocycles. The average Bonchev–Trinajstić information content (AvgIpc) is 2.88. The van der Waals surface area contributed by atoms with Crippen molar-refractivity contribution in [1.82, 2.24) is 10.2 Å². The molecule has 2 amide bonds. The molecule has 0 radical (unpaired) electrons. The fourth-order valence-electron chi connectivity index (χ4n) is 4.09. The lowest BCUT2D eigenvalue weighted by atomic mass is 10.1. The highest BCUT2D eigenvalue weighted by Crippen LogP contribution is 2.33. The molecule has 3 rings (SSSR count). The molecular weight excluding hydrogens is 591 g/mol. The van der Waals surface area contributed by atoms with E-state index in [-0.39, 0.29) is 17.1 Å². The number of anilines is 1. The van der Waals surface area contributed by atoms with Crippen molar-refractivity contribution < 1.29 is 31.2 Å². The number of carbonyl (C=O) groups excluding carboxylic acids is 2. The molecule has 12 heteroatoms. The molecule has 0 saturated heterocycles. The van der Waals surface area contributed by atoms with Gasteiger partial charge >= 0.3 is 6.18 Å². The largest absolute Gasteiger partial charge is 0.416 e. The lowest BCUT2D eigenvalue weighted by Crippen LogP contribution is -2.54. The molecule has 1 N–H and O–H groups in total. The van der Waals surface area contributed by atoms with E-state index < -0.39 is 51.7 Å². The van der Waals surface area contributed by atoms with Crippen molar-refractivity contribution >= 4 is 39.1 Å². The Morgan fingerprint density at radius 2 is 1.57 bits per heavy atom. The van der Waals surface area contributed by atoms with Crippen LogP contribution < -0.4 is 9.62 Å². The summed E-state index contributed by atoms with van der Waals surface area (Å²) in [4.78, 5) is 28.0. The second-order valence-electron chi connectivity index (χ2n) is 10.9. The van der Waals surface area contributed by atoms with Crippen LogP contribution in [0, 0.1) is 6.92 Å². The van der Waals surface area contributed by atoms with E-state index in [9.17, 15) is 31.2 Å². The van der Waals surface area contributed by atoms with Crippen LogP contribution in [0.25, 0.3) is 0 Å². The molecule has 0 spiro atoms. The van der Waals surface area contributed by atoms with E-state index in [2.05, 4.69) is 5.32 Å². The number of benzene rings is 3. The number of amides is 2. The summed E-state index contributed by atoms with van der Waals surface area (Å²) in [6, 6.07) is 15.0. The highest BCUT2D eigenvalue weighted by Gasteiger charge is 2.35. The summed E-state index contributed by atoms with van der Waals surface area (Å²) in [6.07, 6.45) is -4.75. The van der Waals surface area contributed by atoms with Crippen LogP contribution in [0.2, 0.25) is 5.02 Å². The van der Waals surface area contributed by atoms with Gasteiger partial charge in [-0.1, -0.05) is 47.5 Å². The zero-order chi connectivity index (χ0) is 31.5. The first-order valence-electron chi connectivity index (χ1n) is 13.0. The van der Waals surface area contributed by atoms with Crippen LogP contribution in [-0.4, -0.2) is 43.3 Å². The number of carbonyl (C=O) groups is 2. The van der Waals surface area contributed by atoms with Gasteiger partial charge in [-0.15, -0.1) is 0 Å². The SMILES string of the molecule is Cc1ccc(S(=O)(=O)N(CC(=O)N(Cc2cccc(Cl)c2)[C@@H](C)C(=O)NC(C)(C)C)c2cccc(C(F)(F)F)c2)cc1. The zero-order valence-electron chi connectivity index (χ0n) is 23.9. The van der Waals surface area contributed by atoms with Gasteiger partial charge in [-0.3, -0.25) is 13.9 Å². The van der Waals surface area contributed by atoms with E-state index in [1.807, 2.05) is 0 Å². The van der Waals surface area contributed by atoms with Crippen LogP contribution >= 0.6 is 11.6 Å². The molecule has 0 aromatic heterocycles. The molecule has 0 aliphatic rings. The topological polar surface area (TPSA) is 86.8 Å². The molecule has 3 aromatic rings. The second-order valence-corrected chi connectivity index (χ2v) is 13.2. The van der Waals surface area contributed by atoms with Crippen molar-refractivity contribution in [3.63, 3.8) is 0 Å². The van der Waals surface area contributed by atoms with Gasteiger partial charge in [0.1, 0.15) is 12.6 Å². The number of hydrogen-bond donors (Lipinski definition) is 1. The van der Waals surface area contributed by atoms with Crippen molar-refractivity contribution in [3.8, 4) is 0 Å². The van der Waals surface area contributed by atoms with E-state index in [1.54, 1.807) is 64.1 Å². The lowest BCUT2D eigenvalue weighted by Gasteiger charge is -2.33. The number of rotatable bonds is 9. The third-order valence-electron chi connectivity index (χ3n) is 6.26. The van der Waals surface area contributed by atoms with E-state index >= 15 is 0 Å². The first-order chi connectivity index (χ1) is 19.4. The summed E-state index contributed by atoms with van der Waals surface area (Å²) in [5.74, 6) is -1.30. The molecule has 7 nitrogen and oxygen atoms in total. The maximum Gasteiger partial charge on any atom is 0.416 e. The van der Waals surface area contributed by atoms with Gasteiger partial charge in [0.25, 0.3) is 10.0 Å². The van der Waals surface area contributed by atoms with Gasteiger partial charge in [0.15, 0.2) is 0 Å². The van der Waals surface area contributed by atoms with Crippen molar-refractivity contribution in [2.75, 3.05) is 10.8 Å². The summed E-state index contributed by atoms with van der Waals surface area (Å²) in [5, 5.41) is 3.19. The van der Waals surface area contributed by atoms with Gasteiger partial charge in [0, 0.05) is 17.1 Å². The third kappa shape index (κ3) is 8.48. The second kappa shape index (κ2) is 12.7. The number of alkyl halides is 3. The van der Waals surface area contributed by atoms with Crippen LogP contribution in [0.15, 0.2) is 77.7 Å². The van der Waals surface area contributed by atoms with Crippen molar-refractivity contribution in [2.45, 2.75) is 63.8 Å². The third-order valence-corrected chi connectivity index (χ3v) is 8.28. The fourth-order valence-corrected chi connectivity index (χ4v) is 5.71. The molecule has 0 bridgehead atoms. The van der Waals surface area contributed by atoms with Crippen LogP contribution in [0.1, 0.15) is 44.4 Å². The van der Waals surface area contributed by atoms with E-state index in [4.69, 9.17) is 11.6 Å². The van der Waals surface area contributed by atoms with Gasteiger partial charge in [-0.2, -0.15) is 13.2 Å². The van der Waals surface area contributed by atoms with Crippen LogP contribution in [0.4, 0.5) is 18.9 Å². The normalized spacial score (nSPS) is 12.9. The summed E-state index contributed by atoms with van der Waals surface area (Å²) in [7, 11) is -4.52. The predicted molar refractivity (Wildman–Crippen MR) is 157 cm³/mol. The maximum absolute atomic E-state index is 13.9. The molecule has 1 atom stereocenters. The summed E-state index contributed by atoms with van der Waals surface area (Å²) in [5.41, 5.74) is -0.728. The molecule has 0 unspecified atom stereocenters. The Hall–Kier alpha value is -3.57. The van der Waals surface area contributed by atoms with Crippen molar-refractivity contribution in [1.29, 1.82) is 0 Å². The first-order valence-corrected chi connectivity index (χ1v) is 14.8. The molecule has 226 valence electrons. The van der Waals surface area contributed by atoms with E-state index in [1.165, 1.54) is 30.0 Å². The number of halogens is 4. The first kappa shape index (κ1) is 32.9.